The molecule has 150 valence electrons. The quantitative estimate of drug-likeness (QED) is 0.576. The summed E-state index contributed by atoms with van der Waals surface area (Å²) in [5.74, 6) is 0.807. The van der Waals surface area contributed by atoms with Crippen LogP contribution in [0.15, 0.2) is 48.5 Å². The second-order valence-electron chi connectivity index (χ2n) is 7.17. The number of nitrogens with two attached hydrogens (primary N) is 1. The number of carbonyl (C=O) groups excluding carboxylic acids is 1. The Morgan fingerprint density at radius 2 is 1.79 bits per heavy atom. The summed E-state index contributed by atoms with van der Waals surface area (Å²) < 4.78 is 5.67. The Labute approximate surface area is 171 Å². The smallest absolute Gasteiger partial charge is 0.222 e. The number of pyridine rings is 1. The van der Waals surface area contributed by atoms with E-state index in [1.807, 2.05) is 25.1 Å². The summed E-state index contributed by atoms with van der Waals surface area (Å²) in [6.45, 7) is 6.62. The molecule has 0 fully saturated rings. The number of aryl methyl sites for hydroxylation is 2. The fraction of sp³-hybridized carbons (Fsp3) is 0.250. The minimum atomic E-state index is 0.283. The van der Waals surface area contributed by atoms with E-state index in [9.17, 15) is 4.79 Å². The average Bonchev–Trinajstić information content (AvgIpc) is 2.75. The van der Waals surface area contributed by atoms with E-state index < -0.39 is 0 Å². The molecule has 0 spiro atoms. The number of aromatic nitrogens is 1. The summed E-state index contributed by atoms with van der Waals surface area (Å²) in [4.78, 5) is 16.0. The van der Waals surface area contributed by atoms with Crippen molar-refractivity contribution in [3.05, 3.63) is 65.4 Å². The molecule has 5 heteroatoms. The van der Waals surface area contributed by atoms with Crippen molar-refractivity contribution in [1.82, 2.24) is 4.98 Å². The number of ether oxygens (including phenoxy) is 1. The van der Waals surface area contributed by atoms with Gasteiger partial charge >= 0.3 is 0 Å². The summed E-state index contributed by atoms with van der Waals surface area (Å²) in [5.41, 5.74) is 13.2. The van der Waals surface area contributed by atoms with Crippen LogP contribution in [0.2, 0.25) is 0 Å². The molecular weight excluding hydrogens is 362 g/mol. The number of benzene rings is 2. The Balaban J connectivity index is 2.34. The minimum absolute atomic E-state index is 0.283. The van der Waals surface area contributed by atoms with Gasteiger partial charge in [0.1, 0.15) is 0 Å². The van der Waals surface area contributed by atoms with Gasteiger partial charge in [-0.2, -0.15) is 0 Å². The molecule has 5 nitrogen and oxygen atoms in total. The van der Waals surface area contributed by atoms with Crippen molar-refractivity contribution >= 4 is 12.1 Å². The highest BCUT2D eigenvalue weighted by Gasteiger charge is 2.22. The van der Waals surface area contributed by atoms with E-state index in [-0.39, 0.29) is 5.92 Å². The zero-order valence-corrected chi connectivity index (χ0v) is 17.3. The highest BCUT2D eigenvalue weighted by molar-refractivity contribution is 5.98. The molecule has 3 rings (SSSR count). The van der Waals surface area contributed by atoms with Gasteiger partial charge < -0.3 is 15.8 Å². The van der Waals surface area contributed by atoms with Crippen LogP contribution >= 0.6 is 0 Å². The molecule has 3 aromatic rings. The molecular formula is C24H27N3O2. The maximum absolute atomic E-state index is 11.4. The van der Waals surface area contributed by atoms with Crippen LogP contribution in [-0.4, -0.2) is 25.0 Å². The van der Waals surface area contributed by atoms with E-state index in [1.165, 1.54) is 5.56 Å². The van der Waals surface area contributed by atoms with Gasteiger partial charge in [0, 0.05) is 5.56 Å². The van der Waals surface area contributed by atoms with Crippen molar-refractivity contribution in [1.29, 1.82) is 0 Å². The number of amides is 1. The Bertz CT molecular complexity index is 1010. The molecule has 1 atom stereocenters. The lowest BCUT2D eigenvalue weighted by Crippen LogP contribution is -2.09. The zero-order valence-electron chi connectivity index (χ0n) is 17.3. The number of hydrogen-bond acceptors (Lipinski definition) is 4. The van der Waals surface area contributed by atoms with E-state index in [1.54, 1.807) is 7.11 Å². The van der Waals surface area contributed by atoms with Gasteiger partial charge in [-0.1, -0.05) is 55.5 Å². The topological polar surface area (TPSA) is 77.2 Å². The summed E-state index contributed by atoms with van der Waals surface area (Å²) in [5, 5.41) is 2.86. The molecule has 0 radical (unpaired) electrons. The van der Waals surface area contributed by atoms with Crippen molar-refractivity contribution in [2.45, 2.75) is 26.7 Å². The van der Waals surface area contributed by atoms with E-state index in [0.717, 1.165) is 27.8 Å². The summed E-state index contributed by atoms with van der Waals surface area (Å²) in [6.07, 6.45) is 0.689. The van der Waals surface area contributed by atoms with Gasteiger partial charge in [0.05, 0.1) is 24.1 Å². The molecule has 0 bridgehead atoms. The Morgan fingerprint density at radius 3 is 2.38 bits per heavy atom. The van der Waals surface area contributed by atoms with Crippen LogP contribution in [0.1, 0.15) is 29.7 Å². The van der Waals surface area contributed by atoms with Crippen molar-refractivity contribution in [2.75, 3.05) is 19.0 Å². The van der Waals surface area contributed by atoms with Gasteiger partial charge in [0.15, 0.2) is 0 Å². The minimum Gasteiger partial charge on any atom is -0.481 e. The van der Waals surface area contributed by atoms with Crippen LogP contribution in [0.3, 0.4) is 0 Å². The van der Waals surface area contributed by atoms with Crippen LogP contribution in [-0.2, 0) is 4.79 Å². The first kappa shape index (κ1) is 20.6. The van der Waals surface area contributed by atoms with Gasteiger partial charge in [-0.05, 0) is 48.6 Å². The number of carbonyl (C=O) groups is 1. The van der Waals surface area contributed by atoms with Crippen LogP contribution < -0.4 is 15.8 Å². The second kappa shape index (κ2) is 8.88. The number of methoxy groups -OCH3 is 1. The SMILES string of the molecule is COc1nc(C)c(NC=O)c(-c2ccccc2C)c1-c1ccc(C(C)CN)cc1. The number of nitrogens with zero attached hydrogens (tertiary/aromatic N) is 1. The predicted molar refractivity (Wildman–Crippen MR) is 118 cm³/mol. The lowest BCUT2D eigenvalue weighted by Gasteiger charge is -2.21. The highest BCUT2D eigenvalue weighted by Crippen LogP contribution is 2.45. The third-order valence-corrected chi connectivity index (χ3v) is 5.28. The normalized spacial score (nSPS) is 11.8. The number of rotatable bonds is 7. The van der Waals surface area contributed by atoms with Crippen molar-refractivity contribution in [3.8, 4) is 28.1 Å². The molecule has 29 heavy (non-hydrogen) atoms. The van der Waals surface area contributed by atoms with Crippen LogP contribution in [0.5, 0.6) is 5.88 Å². The molecule has 3 N–H and O–H groups in total. The molecule has 1 heterocycles. The van der Waals surface area contributed by atoms with Gasteiger partial charge in [-0.3, -0.25) is 4.79 Å². The molecule has 2 aromatic carbocycles. The van der Waals surface area contributed by atoms with Crippen molar-refractivity contribution < 1.29 is 9.53 Å². The van der Waals surface area contributed by atoms with Crippen molar-refractivity contribution in [2.24, 2.45) is 5.73 Å². The Morgan fingerprint density at radius 1 is 1.10 bits per heavy atom. The maximum atomic E-state index is 11.4. The zero-order chi connectivity index (χ0) is 21.0. The average molecular weight is 389 g/mol. The lowest BCUT2D eigenvalue weighted by atomic mass is 9.89. The second-order valence-corrected chi connectivity index (χ2v) is 7.17. The van der Waals surface area contributed by atoms with E-state index >= 15 is 0 Å². The molecule has 0 aliphatic heterocycles. The molecule has 0 saturated heterocycles. The third-order valence-electron chi connectivity index (χ3n) is 5.28. The van der Waals surface area contributed by atoms with E-state index in [2.05, 4.69) is 54.5 Å². The first-order valence-electron chi connectivity index (χ1n) is 9.67. The molecule has 1 amide bonds. The first-order chi connectivity index (χ1) is 14.0. The molecule has 0 aliphatic rings. The van der Waals surface area contributed by atoms with Crippen LogP contribution in [0.4, 0.5) is 5.69 Å². The third kappa shape index (κ3) is 4.00. The standard InChI is InChI=1S/C24H27N3O2/c1-15-7-5-6-8-20(15)22-21(19-11-9-18(10-12-19)16(2)13-25)24(29-4)27-17(3)23(22)26-14-28/h5-12,14,16H,13,25H2,1-4H3,(H,26,28). The fourth-order valence-electron chi connectivity index (χ4n) is 3.57. The summed E-state index contributed by atoms with van der Waals surface area (Å²) in [6, 6.07) is 16.4. The van der Waals surface area contributed by atoms with Gasteiger partial charge in [-0.25, -0.2) is 4.98 Å². The predicted octanol–water partition coefficient (Wildman–Crippen LogP) is 4.67. The number of anilines is 1. The monoisotopic (exact) mass is 389 g/mol. The van der Waals surface area contributed by atoms with E-state index in [4.69, 9.17) is 10.5 Å². The molecule has 0 aliphatic carbocycles. The summed E-state index contributed by atoms with van der Waals surface area (Å²) in [7, 11) is 1.62. The fourth-order valence-corrected chi connectivity index (χ4v) is 3.57. The van der Waals surface area contributed by atoms with Gasteiger partial charge in [0.25, 0.3) is 0 Å². The molecule has 0 saturated carbocycles. The molecule has 1 unspecified atom stereocenters. The summed E-state index contributed by atoms with van der Waals surface area (Å²) >= 11 is 0. The van der Waals surface area contributed by atoms with Crippen molar-refractivity contribution in [3.63, 3.8) is 0 Å². The number of hydrogen-bond donors (Lipinski definition) is 2. The lowest BCUT2D eigenvalue weighted by molar-refractivity contribution is -0.105. The Hall–Kier alpha value is -3.18. The Kier molecular flexibility index (Phi) is 6.29. The van der Waals surface area contributed by atoms with Gasteiger partial charge in [-0.15, -0.1) is 0 Å². The highest BCUT2D eigenvalue weighted by atomic mass is 16.5. The molecule has 1 aromatic heterocycles. The maximum Gasteiger partial charge on any atom is 0.222 e. The van der Waals surface area contributed by atoms with Crippen LogP contribution in [0, 0.1) is 13.8 Å². The largest absolute Gasteiger partial charge is 0.481 e. The first-order valence-corrected chi connectivity index (χ1v) is 9.67. The van der Waals surface area contributed by atoms with E-state index in [0.29, 0.717) is 30.2 Å². The van der Waals surface area contributed by atoms with Gasteiger partial charge in [0.2, 0.25) is 12.3 Å². The van der Waals surface area contributed by atoms with Crippen LogP contribution in [0.25, 0.3) is 22.3 Å². The number of nitrogens with one attached hydrogen (secondary N) is 1.